The molecular weight excluding hydrogens is 236 g/mol. The van der Waals surface area contributed by atoms with E-state index in [0.29, 0.717) is 0 Å². The van der Waals surface area contributed by atoms with E-state index in [1.165, 1.54) is 11.3 Å². The fourth-order valence-electron chi connectivity index (χ4n) is 1.89. The molecule has 4 nitrogen and oxygen atoms in total. The molecule has 0 aliphatic carbocycles. The maximum Gasteiger partial charge on any atom is 0.0997 e. The van der Waals surface area contributed by atoms with Gasteiger partial charge in [-0.1, -0.05) is 0 Å². The van der Waals surface area contributed by atoms with Crippen LogP contribution in [0.1, 0.15) is 37.7 Å². The van der Waals surface area contributed by atoms with Crippen molar-refractivity contribution >= 4 is 0 Å². The first kappa shape index (κ1) is 13.7. The smallest absolute Gasteiger partial charge is 0.0997 e. The predicted octanol–water partition coefficient (Wildman–Crippen LogP) is 2.77. The van der Waals surface area contributed by atoms with Crippen molar-refractivity contribution in [3.63, 3.8) is 0 Å². The van der Waals surface area contributed by atoms with E-state index < -0.39 is 0 Å². The Morgan fingerprint density at radius 3 is 2.58 bits per heavy atom. The SMILES string of the molecule is Cc1ncn(-c2ccncc2CNC(C)(C)C)c1C. The molecule has 0 amide bonds. The molecule has 0 aromatic carbocycles. The van der Waals surface area contributed by atoms with E-state index in [0.717, 1.165) is 17.9 Å². The van der Waals surface area contributed by atoms with Crippen LogP contribution in [-0.4, -0.2) is 20.1 Å². The summed E-state index contributed by atoms with van der Waals surface area (Å²) in [7, 11) is 0. The van der Waals surface area contributed by atoms with Gasteiger partial charge in [0.1, 0.15) is 0 Å². The topological polar surface area (TPSA) is 42.7 Å². The maximum atomic E-state index is 4.36. The predicted molar refractivity (Wildman–Crippen MR) is 77.4 cm³/mol. The fraction of sp³-hybridized carbons (Fsp3) is 0.467. The van der Waals surface area contributed by atoms with Crippen molar-refractivity contribution in [3.8, 4) is 5.69 Å². The minimum absolute atomic E-state index is 0.0903. The minimum Gasteiger partial charge on any atom is -0.308 e. The summed E-state index contributed by atoms with van der Waals surface area (Å²) in [5, 5.41) is 3.50. The van der Waals surface area contributed by atoms with Crippen molar-refractivity contribution in [2.24, 2.45) is 0 Å². The summed E-state index contributed by atoms with van der Waals surface area (Å²) in [4.78, 5) is 8.60. The van der Waals surface area contributed by atoms with Crippen molar-refractivity contribution in [1.82, 2.24) is 19.9 Å². The van der Waals surface area contributed by atoms with Crippen LogP contribution in [0.25, 0.3) is 5.69 Å². The molecule has 0 fully saturated rings. The van der Waals surface area contributed by atoms with Gasteiger partial charge in [0.05, 0.1) is 17.7 Å². The molecule has 2 aromatic rings. The summed E-state index contributed by atoms with van der Waals surface area (Å²) in [6.45, 7) is 11.4. The van der Waals surface area contributed by atoms with Gasteiger partial charge in [-0.3, -0.25) is 4.98 Å². The summed E-state index contributed by atoms with van der Waals surface area (Å²) < 4.78 is 2.12. The third-order valence-electron chi connectivity index (χ3n) is 3.20. The number of hydrogen-bond acceptors (Lipinski definition) is 3. The zero-order chi connectivity index (χ0) is 14.0. The summed E-state index contributed by atoms with van der Waals surface area (Å²) in [6, 6.07) is 2.04. The number of aromatic nitrogens is 3. The highest BCUT2D eigenvalue weighted by atomic mass is 15.1. The van der Waals surface area contributed by atoms with Gasteiger partial charge in [0.2, 0.25) is 0 Å². The summed E-state index contributed by atoms with van der Waals surface area (Å²) in [5.41, 5.74) is 4.64. The van der Waals surface area contributed by atoms with Crippen LogP contribution < -0.4 is 5.32 Å². The zero-order valence-electron chi connectivity index (χ0n) is 12.4. The lowest BCUT2D eigenvalue weighted by atomic mass is 10.1. The Bertz CT molecular complexity index is 564. The molecule has 0 atom stereocenters. The molecule has 0 aliphatic heterocycles. The summed E-state index contributed by atoms with van der Waals surface area (Å²) in [6.07, 6.45) is 5.62. The van der Waals surface area contributed by atoms with Gasteiger partial charge < -0.3 is 9.88 Å². The number of nitrogens with one attached hydrogen (secondary N) is 1. The van der Waals surface area contributed by atoms with Gasteiger partial charge in [-0.05, 0) is 40.7 Å². The molecule has 0 saturated heterocycles. The molecule has 0 saturated carbocycles. The van der Waals surface area contributed by atoms with E-state index in [1.807, 2.05) is 31.7 Å². The van der Waals surface area contributed by atoms with Crippen molar-refractivity contribution < 1.29 is 0 Å². The quantitative estimate of drug-likeness (QED) is 0.920. The van der Waals surface area contributed by atoms with Crippen LogP contribution in [-0.2, 0) is 6.54 Å². The van der Waals surface area contributed by atoms with E-state index in [1.54, 1.807) is 0 Å². The molecule has 2 heterocycles. The monoisotopic (exact) mass is 258 g/mol. The van der Waals surface area contributed by atoms with Crippen LogP contribution in [0.15, 0.2) is 24.8 Å². The van der Waals surface area contributed by atoms with Crippen molar-refractivity contribution in [2.45, 2.75) is 46.7 Å². The average Bonchev–Trinajstić information content (AvgIpc) is 2.67. The molecule has 2 rings (SSSR count). The molecule has 0 radical (unpaired) electrons. The molecule has 102 valence electrons. The third kappa shape index (κ3) is 3.20. The van der Waals surface area contributed by atoms with E-state index in [-0.39, 0.29) is 5.54 Å². The standard InChI is InChI=1S/C15H22N4/c1-11-12(2)19(10-17-11)14-6-7-16-8-13(14)9-18-15(3,4)5/h6-8,10,18H,9H2,1-5H3. The highest BCUT2D eigenvalue weighted by molar-refractivity contribution is 5.41. The number of nitrogens with zero attached hydrogens (tertiary/aromatic N) is 3. The van der Waals surface area contributed by atoms with Gasteiger partial charge in [-0.2, -0.15) is 0 Å². The minimum atomic E-state index is 0.0903. The highest BCUT2D eigenvalue weighted by Crippen LogP contribution is 2.17. The van der Waals surface area contributed by atoms with Gasteiger partial charge in [-0.25, -0.2) is 4.98 Å². The van der Waals surface area contributed by atoms with Crippen LogP contribution in [0, 0.1) is 13.8 Å². The zero-order valence-corrected chi connectivity index (χ0v) is 12.4. The highest BCUT2D eigenvalue weighted by Gasteiger charge is 2.12. The van der Waals surface area contributed by atoms with E-state index in [9.17, 15) is 0 Å². The van der Waals surface area contributed by atoms with Crippen molar-refractivity contribution in [1.29, 1.82) is 0 Å². The Balaban J connectivity index is 2.34. The van der Waals surface area contributed by atoms with Gasteiger partial charge in [-0.15, -0.1) is 0 Å². The molecule has 1 N–H and O–H groups in total. The van der Waals surface area contributed by atoms with Crippen LogP contribution in [0.3, 0.4) is 0 Å². The first-order valence-corrected chi connectivity index (χ1v) is 6.57. The molecule has 2 aromatic heterocycles. The van der Waals surface area contributed by atoms with E-state index >= 15 is 0 Å². The van der Waals surface area contributed by atoms with E-state index in [4.69, 9.17) is 0 Å². The molecule has 19 heavy (non-hydrogen) atoms. The molecule has 0 aliphatic rings. The van der Waals surface area contributed by atoms with Crippen molar-refractivity contribution in [3.05, 3.63) is 41.7 Å². The summed E-state index contributed by atoms with van der Waals surface area (Å²) >= 11 is 0. The normalized spacial score (nSPS) is 11.8. The second-order valence-electron chi connectivity index (χ2n) is 5.89. The van der Waals surface area contributed by atoms with Crippen LogP contribution in [0.4, 0.5) is 0 Å². The number of hydrogen-bond donors (Lipinski definition) is 1. The molecule has 4 heteroatoms. The lowest BCUT2D eigenvalue weighted by molar-refractivity contribution is 0.423. The molecule has 0 unspecified atom stereocenters. The van der Waals surface area contributed by atoms with Gasteiger partial charge >= 0.3 is 0 Å². The number of pyridine rings is 1. The van der Waals surface area contributed by atoms with Crippen molar-refractivity contribution in [2.75, 3.05) is 0 Å². The number of aryl methyl sites for hydroxylation is 1. The van der Waals surface area contributed by atoms with E-state index in [2.05, 4.69) is 47.5 Å². The Labute approximate surface area is 114 Å². The maximum absolute atomic E-state index is 4.36. The third-order valence-corrected chi connectivity index (χ3v) is 3.20. The van der Waals surface area contributed by atoms with Crippen LogP contribution in [0.5, 0.6) is 0 Å². The number of rotatable bonds is 3. The Morgan fingerprint density at radius 2 is 2.00 bits per heavy atom. The Morgan fingerprint density at radius 1 is 1.26 bits per heavy atom. The number of imidazole rings is 1. The second kappa shape index (κ2) is 5.13. The van der Waals surface area contributed by atoms with Crippen LogP contribution >= 0.6 is 0 Å². The van der Waals surface area contributed by atoms with Gasteiger partial charge in [0.15, 0.2) is 0 Å². The molecular formula is C15H22N4. The van der Waals surface area contributed by atoms with Crippen LogP contribution in [0.2, 0.25) is 0 Å². The summed E-state index contributed by atoms with van der Waals surface area (Å²) in [5.74, 6) is 0. The van der Waals surface area contributed by atoms with Gasteiger partial charge in [0, 0.05) is 35.7 Å². The molecule has 0 spiro atoms. The van der Waals surface area contributed by atoms with Gasteiger partial charge in [0.25, 0.3) is 0 Å². The fourth-order valence-corrected chi connectivity index (χ4v) is 1.89. The first-order chi connectivity index (χ1) is 8.88. The Hall–Kier alpha value is -1.68. The molecule has 0 bridgehead atoms. The second-order valence-corrected chi connectivity index (χ2v) is 5.89. The lowest BCUT2D eigenvalue weighted by Crippen LogP contribution is -2.35. The first-order valence-electron chi connectivity index (χ1n) is 6.57. The largest absolute Gasteiger partial charge is 0.308 e. The average molecular weight is 258 g/mol. The Kier molecular flexibility index (Phi) is 3.71. The lowest BCUT2D eigenvalue weighted by Gasteiger charge is -2.21.